The fourth-order valence-electron chi connectivity index (χ4n) is 0.907. The number of carboxylic acids is 1. The van der Waals surface area contributed by atoms with Gasteiger partial charge in [0.1, 0.15) is 11.2 Å². The largest absolute Gasteiger partial charge is 0.481 e. The molecule has 0 amide bonds. The van der Waals surface area contributed by atoms with Crippen molar-refractivity contribution < 1.29 is 14.6 Å². The predicted octanol–water partition coefficient (Wildman–Crippen LogP) is 0.828. The lowest BCUT2D eigenvalue weighted by Gasteiger charge is -2.08. The lowest BCUT2D eigenvalue weighted by molar-refractivity contribution is -0.138. The van der Waals surface area contributed by atoms with Crippen molar-refractivity contribution in [1.82, 2.24) is 4.98 Å². The lowest BCUT2D eigenvalue weighted by atomic mass is 10.1. The highest BCUT2D eigenvalue weighted by Gasteiger charge is 2.18. The molecule has 1 aromatic heterocycles. The maximum absolute atomic E-state index is 10.6. The van der Waals surface area contributed by atoms with Crippen LogP contribution in [0.4, 0.5) is 0 Å². The summed E-state index contributed by atoms with van der Waals surface area (Å²) >= 11 is 5.71. The van der Waals surface area contributed by atoms with Crippen molar-refractivity contribution in [3.05, 3.63) is 22.8 Å². The van der Waals surface area contributed by atoms with Crippen molar-refractivity contribution in [1.29, 1.82) is 0 Å². The molecule has 0 bridgehead atoms. The van der Waals surface area contributed by atoms with Gasteiger partial charge in [-0.2, -0.15) is 0 Å². The molecule has 0 aliphatic rings. The second-order valence-corrected chi connectivity index (χ2v) is 2.91. The molecule has 0 aromatic carbocycles. The summed E-state index contributed by atoms with van der Waals surface area (Å²) < 4.78 is 4.81. The average Bonchev–Trinajstić information content (AvgIpc) is 2.16. The van der Waals surface area contributed by atoms with Gasteiger partial charge in [0, 0.05) is 11.6 Å². The van der Waals surface area contributed by atoms with Crippen molar-refractivity contribution in [3.63, 3.8) is 0 Å². The average molecular weight is 217 g/mol. The highest BCUT2D eigenvalue weighted by Crippen LogP contribution is 2.22. The maximum Gasteiger partial charge on any atom is 0.325 e. The van der Waals surface area contributed by atoms with Crippen LogP contribution in [-0.2, 0) is 4.79 Å². The minimum absolute atomic E-state index is 0.0410. The zero-order valence-electron chi connectivity index (χ0n) is 7.40. The quantitative estimate of drug-likeness (QED) is 0.731. The van der Waals surface area contributed by atoms with Gasteiger partial charge < -0.3 is 15.6 Å². The molecule has 5 nitrogen and oxygen atoms in total. The van der Waals surface area contributed by atoms with E-state index in [1.807, 2.05) is 0 Å². The Morgan fingerprint density at radius 2 is 2.36 bits per heavy atom. The molecule has 6 heteroatoms. The Balaban J connectivity index is 3.05. The number of methoxy groups -OCH3 is 1. The van der Waals surface area contributed by atoms with Crippen LogP contribution < -0.4 is 10.5 Å². The van der Waals surface area contributed by atoms with Crippen molar-refractivity contribution in [2.45, 2.75) is 6.04 Å². The first-order valence-corrected chi connectivity index (χ1v) is 4.13. The SMILES string of the molecule is COc1ccc([C@@H](N)C(=O)O)c(Cl)n1. The summed E-state index contributed by atoms with van der Waals surface area (Å²) in [4.78, 5) is 14.4. The van der Waals surface area contributed by atoms with Crippen LogP contribution in [0.1, 0.15) is 11.6 Å². The molecule has 0 aliphatic carbocycles. The van der Waals surface area contributed by atoms with Gasteiger partial charge in [-0.3, -0.25) is 4.79 Å². The smallest absolute Gasteiger partial charge is 0.325 e. The Bertz CT molecular complexity index is 356. The van der Waals surface area contributed by atoms with E-state index in [0.717, 1.165) is 0 Å². The Kier molecular flexibility index (Phi) is 3.27. The second-order valence-electron chi connectivity index (χ2n) is 2.55. The van der Waals surface area contributed by atoms with Gasteiger partial charge in [0.2, 0.25) is 5.88 Å². The predicted molar refractivity (Wildman–Crippen MR) is 50.4 cm³/mol. The minimum Gasteiger partial charge on any atom is -0.481 e. The van der Waals surface area contributed by atoms with E-state index in [-0.39, 0.29) is 10.7 Å². The van der Waals surface area contributed by atoms with E-state index in [4.69, 9.17) is 27.2 Å². The molecule has 0 aliphatic heterocycles. The summed E-state index contributed by atoms with van der Waals surface area (Å²) in [6.45, 7) is 0. The third-order valence-electron chi connectivity index (χ3n) is 1.66. The Morgan fingerprint density at radius 3 is 2.79 bits per heavy atom. The van der Waals surface area contributed by atoms with Crippen molar-refractivity contribution >= 4 is 17.6 Å². The number of aliphatic carboxylic acids is 1. The summed E-state index contributed by atoms with van der Waals surface area (Å²) in [5.74, 6) is -0.838. The Morgan fingerprint density at radius 1 is 1.71 bits per heavy atom. The molecular weight excluding hydrogens is 208 g/mol. The third-order valence-corrected chi connectivity index (χ3v) is 1.97. The van der Waals surface area contributed by atoms with Gasteiger partial charge in [-0.05, 0) is 6.07 Å². The number of aromatic nitrogens is 1. The van der Waals surface area contributed by atoms with Crippen LogP contribution >= 0.6 is 11.6 Å². The topological polar surface area (TPSA) is 85.4 Å². The van der Waals surface area contributed by atoms with Crippen LogP contribution in [0.15, 0.2) is 12.1 Å². The number of rotatable bonds is 3. The molecule has 14 heavy (non-hydrogen) atoms. The monoisotopic (exact) mass is 216 g/mol. The Labute approximate surface area is 85.5 Å². The van der Waals surface area contributed by atoms with Gasteiger partial charge in [0.05, 0.1) is 7.11 Å². The van der Waals surface area contributed by atoms with E-state index in [1.54, 1.807) is 0 Å². The van der Waals surface area contributed by atoms with Crippen LogP contribution in [0, 0.1) is 0 Å². The van der Waals surface area contributed by atoms with Crippen LogP contribution in [0.3, 0.4) is 0 Å². The molecule has 0 spiro atoms. The second kappa shape index (κ2) is 4.26. The molecule has 76 valence electrons. The number of nitrogens with two attached hydrogens (primary N) is 1. The number of halogens is 1. The van der Waals surface area contributed by atoms with Gasteiger partial charge in [-0.15, -0.1) is 0 Å². The van der Waals surface area contributed by atoms with Crippen LogP contribution in [0.5, 0.6) is 5.88 Å². The number of carbonyl (C=O) groups is 1. The first-order valence-electron chi connectivity index (χ1n) is 3.75. The van der Waals surface area contributed by atoms with Crippen molar-refractivity contribution in [3.8, 4) is 5.88 Å². The number of nitrogens with zero attached hydrogens (tertiary/aromatic N) is 1. The fourth-order valence-corrected chi connectivity index (χ4v) is 1.17. The fraction of sp³-hybridized carbons (Fsp3) is 0.250. The first kappa shape index (κ1) is 10.7. The summed E-state index contributed by atoms with van der Waals surface area (Å²) in [6, 6.07) is 1.82. The molecule has 1 heterocycles. The zero-order chi connectivity index (χ0) is 10.7. The molecule has 3 N–H and O–H groups in total. The summed E-state index contributed by atoms with van der Waals surface area (Å²) in [7, 11) is 1.44. The standard InChI is InChI=1S/C8H9ClN2O3/c1-14-5-3-2-4(7(9)11-5)6(10)8(12)13/h2-3,6H,10H2,1H3,(H,12,13)/t6-/m1/s1. The molecule has 1 atom stereocenters. The zero-order valence-corrected chi connectivity index (χ0v) is 8.15. The molecule has 0 radical (unpaired) electrons. The highest BCUT2D eigenvalue weighted by atomic mass is 35.5. The third kappa shape index (κ3) is 2.12. The molecule has 0 saturated heterocycles. The van der Waals surface area contributed by atoms with Gasteiger partial charge in [0.15, 0.2) is 0 Å². The number of carboxylic acid groups (broad SMARTS) is 1. The van der Waals surface area contributed by atoms with Gasteiger partial charge in [-0.25, -0.2) is 4.98 Å². The van der Waals surface area contributed by atoms with E-state index in [9.17, 15) is 4.79 Å². The molecule has 1 rings (SSSR count). The van der Waals surface area contributed by atoms with Crippen LogP contribution in [0.25, 0.3) is 0 Å². The van der Waals surface area contributed by atoms with Gasteiger partial charge >= 0.3 is 5.97 Å². The molecule has 1 aromatic rings. The van der Waals surface area contributed by atoms with E-state index >= 15 is 0 Å². The van der Waals surface area contributed by atoms with Crippen LogP contribution in [0.2, 0.25) is 5.15 Å². The van der Waals surface area contributed by atoms with E-state index in [1.165, 1.54) is 19.2 Å². The Hall–Kier alpha value is -1.33. The molecule has 0 fully saturated rings. The first-order chi connectivity index (χ1) is 6.56. The highest BCUT2D eigenvalue weighted by molar-refractivity contribution is 6.30. The van der Waals surface area contributed by atoms with E-state index in [2.05, 4.69) is 4.98 Å². The number of ether oxygens (including phenoxy) is 1. The minimum atomic E-state index is -1.17. The normalized spacial score (nSPS) is 12.2. The molecular formula is C8H9ClN2O3. The number of hydrogen-bond acceptors (Lipinski definition) is 4. The summed E-state index contributed by atoms with van der Waals surface area (Å²) in [6.07, 6.45) is 0. The van der Waals surface area contributed by atoms with Crippen molar-refractivity contribution in [2.75, 3.05) is 7.11 Å². The van der Waals surface area contributed by atoms with E-state index in [0.29, 0.717) is 5.88 Å². The van der Waals surface area contributed by atoms with Crippen LogP contribution in [-0.4, -0.2) is 23.2 Å². The summed E-state index contributed by atoms with van der Waals surface area (Å²) in [5, 5.41) is 8.68. The van der Waals surface area contributed by atoms with Gasteiger partial charge in [-0.1, -0.05) is 11.6 Å². The molecule has 0 saturated carbocycles. The number of pyridine rings is 1. The summed E-state index contributed by atoms with van der Waals surface area (Å²) in [5.41, 5.74) is 5.63. The van der Waals surface area contributed by atoms with E-state index < -0.39 is 12.0 Å². The lowest BCUT2D eigenvalue weighted by Crippen LogP contribution is -2.21. The number of hydrogen-bond donors (Lipinski definition) is 2. The maximum atomic E-state index is 10.6. The van der Waals surface area contributed by atoms with Gasteiger partial charge in [0.25, 0.3) is 0 Å². The van der Waals surface area contributed by atoms with Crippen molar-refractivity contribution in [2.24, 2.45) is 5.73 Å². The molecule has 0 unspecified atom stereocenters.